The molecule has 0 spiro atoms. The first kappa shape index (κ1) is 8.88. The molecule has 0 bridgehead atoms. The van der Waals surface area contributed by atoms with E-state index in [-0.39, 0.29) is 17.8 Å². The van der Waals surface area contributed by atoms with Crippen molar-refractivity contribution in [2.24, 2.45) is 7.05 Å². The largest absolute Gasteiger partial charge is 0.372 e. The van der Waals surface area contributed by atoms with Crippen molar-refractivity contribution in [3.05, 3.63) is 16.4 Å². The van der Waals surface area contributed by atoms with E-state index in [9.17, 15) is 0 Å². The summed E-state index contributed by atoms with van der Waals surface area (Å²) >= 11 is 3.49. The highest BCUT2D eigenvalue weighted by atomic mass is 79.9. The molecule has 0 unspecified atom stereocenters. The van der Waals surface area contributed by atoms with Crippen molar-refractivity contribution < 1.29 is 9.47 Å². The van der Waals surface area contributed by atoms with Crippen molar-refractivity contribution in [2.45, 2.75) is 24.7 Å². The predicted molar refractivity (Wildman–Crippen MR) is 52.9 cm³/mol. The maximum absolute atomic E-state index is 5.74. The van der Waals surface area contributed by atoms with E-state index in [0.29, 0.717) is 6.61 Å². The summed E-state index contributed by atoms with van der Waals surface area (Å²) in [7, 11) is 1.93. The minimum atomic E-state index is -0.233. The molecule has 2 fully saturated rings. The second-order valence-electron chi connectivity index (χ2n) is 3.91. The van der Waals surface area contributed by atoms with Crippen molar-refractivity contribution in [3.8, 4) is 0 Å². The standard InChI is InChI=1S/C9H11BrN2O2/c1-5-8-9(14-8,4-13-5)7-6(10)3-11-12(7)2/h3,5,8H,4H2,1-2H3/t5-,8-,9-/m0/s1. The Balaban J connectivity index is 2.05. The predicted octanol–water partition coefficient (Wildman–Crippen LogP) is 1.20. The second-order valence-corrected chi connectivity index (χ2v) is 4.76. The number of ether oxygens (including phenoxy) is 2. The van der Waals surface area contributed by atoms with Crippen molar-refractivity contribution in [1.29, 1.82) is 0 Å². The molecule has 1 aromatic heterocycles. The van der Waals surface area contributed by atoms with E-state index >= 15 is 0 Å². The summed E-state index contributed by atoms with van der Waals surface area (Å²) in [6.45, 7) is 2.68. The van der Waals surface area contributed by atoms with Gasteiger partial charge in [0.1, 0.15) is 6.10 Å². The molecule has 4 nitrogen and oxygen atoms in total. The molecule has 5 heteroatoms. The van der Waals surface area contributed by atoms with Gasteiger partial charge in [-0.3, -0.25) is 4.68 Å². The lowest BCUT2D eigenvalue weighted by Gasteiger charge is -2.09. The van der Waals surface area contributed by atoms with Gasteiger partial charge in [-0.05, 0) is 22.9 Å². The van der Waals surface area contributed by atoms with Crippen LogP contribution in [-0.2, 0) is 22.1 Å². The Labute approximate surface area is 90.3 Å². The van der Waals surface area contributed by atoms with Crippen LogP contribution in [0.4, 0.5) is 0 Å². The third kappa shape index (κ3) is 0.924. The van der Waals surface area contributed by atoms with Gasteiger partial charge in [0.05, 0.1) is 29.1 Å². The molecule has 0 saturated carbocycles. The summed E-state index contributed by atoms with van der Waals surface area (Å²) in [6, 6.07) is 0. The fourth-order valence-corrected chi connectivity index (χ4v) is 2.96. The molecular formula is C9H11BrN2O2. The molecule has 14 heavy (non-hydrogen) atoms. The maximum atomic E-state index is 5.74. The quantitative estimate of drug-likeness (QED) is 0.711. The lowest BCUT2D eigenvalue weighted by molar-refractivity contribution is 0.0170. The van der Waals surface area contributed by atoms with Crippen molar-refractivity contribution >= 4 is 15.9 Å². The van der Waals surface area contributed by atoms with Crippen LogP contribution in [0.15, 0.2) is 10.7 Å². The highest BCUT2D eigenvalue weighted by Gasteiger charge is 2.67. The average Bonchev–Trinajstić information content (AvgIpc) is 2.67. The first-order valence-corrected chi connectivity index (χ1v) is 5.42. The SMILES string of the molecule is C[C@@H]1OC[C@@]2(c3c(Br)cnn3C)O[C@@H]12. The summed E-state index contributed by atoms with van der Waals surface area (Å²) in [5.41, 5.74) is 0.857. The molecule has 2 saturated heterocycles. The number of aryl methyl sites for hydroxylation is 1. The van der Waals surface area contributed by atoms with Gasteiger partial charge in [0, 0.05) is 7.05 Å². The molecule has 0 aliphatic carbocycles. The molecule has 3 rings (SSSR count). The van der Waals surface area contributed by atoms with Crippen molar-refractivity contribution in [1.82, 2.24) is 9.78 Å². The van der Waals surface area contributed by atoms with Gasteiger partial charge in [-0.1, -0.05) is 0 Å². The van der Waals surface area contributed by atoms with Gasteiger partial charge in [0.25, 0.3) is 0 Å². The van der Waals surface area contributed by atoms with Crippen molar-refractivity contribution in [2.75, 3.05) is 6.61 Å². The van der Waals surface area contributed by atoms with Gasteiger partial charge in [-0.25, -0.2) is 0 Å². The molecule has 0 radical (unpaired) electrons. The van der Waals surface area contributed by atoms with Crippen LogP contribution in [0.25, 0.3) is 0 Å². The van der Waals surface area contributed by atoms with Gasteiger partial charge in [-0.15, -0.1) is 0 Å². The summed E-state index contributed by atoms with van der Waals surface area (Å²) < 4.78 is 14.2. The number of aromatic nitrogens is 2. The van der Waals surface area contributed by atoms with Gasteiger partial charge in [-0.2, -0.15) is 5.10 Å². The van der Waals surface area contributed by atoms with E-state index in [4.69, 9.17) is 9.47 Å². The Morgan fingerprint density at radius 2 is 2.50 bits per heavy atom. The average molecular weight is 259 g/mol. The number of rotatable bonds is 1. The number of nitrogens with zero attached hydrogens (tertiary/aromatic N) is 2. The molecule has 0 aromatic carbocycles. The lowest BCUT2D eigenvalue weighted by Crippen LogP contribution is -2.18. The molecule has 1 aromatic rings. The van der Waals surface area contributed by atoms with E-state index in [1.807, 2.05) is 18.7 Å². The van der Waals surface area contributed by atoms with E-state index in [0.717, 1.165) is 10.2 Å². The van der Waals surface area contributed by atoms with Crippen LogP contribution in [0, 0.1) is 0 Å². The van der Waals surface area contributed by atoms with Gasteiger partial charge >= 0.3 is 0 Å². The molecule has 3 heterocycles. The van der Waals surface area contributed by atoms with E-state index in [2.05, 4.69) is 21.0 Å². The Morgan fingerprint density at radius 3 is 2.93 bits per heavy atom. The van der Waals surface area contributed by atoms with Crippen LogP contribution in [0.5, 0.6) is 0 Å². The summed E-state index contributed by atoms with van der Waals surface area (Å²) in [5, 5.41) is 4.19. The van der Waals surface area contributed by atoms with E-state index < -0.39 is 0 Å². The number of halogens is 1. The highest BCUT2D eigenvalue weighted by molar-refractivity contribution is 9.10. The summed E-state index contributed by atoms with van der Waals surface area (Å²) in [5.74, 6) is 0. The van der Waals surface area contributed by atoms with Crippen LogP contribution in [-0.4, -0.2) is 28.6 Å². The molecular weight excluding hydrogens is 248 g/mol. The Morgan fingerprint density at radius 1 is 1.71 bits per heavy atom. The first-order valence-electron chi connectivity index (χ1n) is 4.62. The van der Waals surface area contributed by atoms with E-state index in [1.54, 1.807) is 6.20 Å². The molecule has 0 N–H and O–H groups in total. The number of hydrogen-bond donors (Lipinski definition) is 0. The smallest absolute Gasteiger partial charge is 0.163 e. The van der Waals surface area contributed by atoms with Crippen LogP contribution in [0.2, 0.25) is 0 Å². The topological polar surface area (TPSA) is 39.6 Å². The van der Waals surface area contributed by atoms with Gasteiger partial charge < -0.3 is 9.47 Å². The van der Waals surface area contributed by atoms with Crippen LogP contribution in [0.3, 0.4) is 0 Å². The van der Waals surface area contributed by atoms with Gasteiger partial charge in [0.2, 0.25) is 0 Å². The zero-order chi connectivity index (χ0) is 9.92. The number of hydrogen-bond acceptors (Lipinski definition) is 3. The fourth-order valence-electron chi connectivity index (χ4n) is 2.27. The van der Waals surface area contributed by atoms with Crippen molar-refractivity contribution in [3.63, 3.8) is 0 Å². The number of epoxide rings is 1. The monoisotopic (exact) mass is 258 g/mol. The molecule has 76 valence electrons. The first-order chi connectivity index (χ1) is 6.65. The molecule has 2 aliphatic heterocycles. The third-order valence-electron chi connectivity index (χ3n) is 3.02. The zero-order valence-electron chi connectivity index (χ0n) is 8.03. The lowest BCUT2D eigenvalue weighted by atomic mass is 10.0. The summed E-state index contributed by atoms with van der Waals surface area (Å²) in [6.07, 6.45) is 2.19. The third-order valence-corrected chi connectivity index (χ3v) is 3.60. The Bertz CT molecular complexity index is 373. The molecule has 3 atom stereocenters. The minimum absolute atomic E-state index is 0.191. The molecule has 0 amide bonds. The Kier molecular flexibility index (Phi) is 1.64. The Hall–Kier alpha value is -0.390. The van der Waals surface area contributed by atoms with Crippen LogP contribution < -0.4 is 0 Å². The second kappa shape index (κ2) is 2.59. The van der Waals surface area contributed by atoms with Gasteiger partial charge in [0.15, 0.2) is 5.60 Å². The van der Waals surface area contributed by atoms with Crippen LogP contribution in [0.1, 0.15) is 12.6 Å². The maximum Gasteiger partial charge on any atom is 0.163 e. The van der Waals surface area contributed by atoms with E-state index in [1.165, 1.54) is 0 Å². The number of fused-ring (bicyclic) bond motifs is 1. The fraction of sp³-hybridized carbons (Fsp3) is 0.667. The summed E-state index contributed by atoms with van der Waals surface area (Å²) in [4.78, 5) is 0. The highest BCUT2D eigenvalue weighted by Crippen LogP contribution is 2.54. The molecule has 2 aliphatic rings. The zero-order valence-corrected chi connectivity index (χ0v) is 9.61. The minimum Gasteiger partial charge on any atom is -0.372 e. The van der Waals surface area contributed by atoms with Crippen LogP contribution >= 0.6 is 15.9 Å². The normalized spacial score (nSPS) is 39.9.